The van der Waals surface area contributed by atoms with Crippen LogP contribution in [0.15, 0.2) is 12.1 Å². The molecule has 0 amide bonds. The van der Waals surface area contributed by atoms with Crippen LogP contribution in [0.2, 0.25) is 0 Å². The molecule has 0 unspecified atom stereocenters. The second-order valence-corrected chi connectivity index (χ2v) is 3.09. The number of ether oxygens (including phenoxy) is 1. The first-order valence-electron chi connectivity index (χ1n) is 4.06. The summed E-state index contributed by atoms with van der Waals surface area (Å²) in [5.74, 6) is -1.81. The Morgan fingerprint density at radius 3 is 3.00 bits per heavy atom. The van der Waals surface area contributed by atoms with Gasteiger partial charge in [0.2, 0.25) is 5.82 Å². The van der Waals surface area contributed by atoms with Crippen molar-refractivity contribution in [2.45, 2.75) is 13.0 Å². The number of fused-ring (bicyclic) bond motifs is 1. The van der Waals surface area contributed by atoms with Crippen molar-refractivity contribution in [3.05, 3.63) is 23.8 Å². The zero-order valence-corrected chi connectivity index (χ0v) is 7.10. The van der Waals surface area contributed by atoms with Gasteiger partial charge < -0.3 is 10.1 Å². The summed E-state index contributed by atoms with van der Waals surface area (Å²) in [6.45, 7) is 2.26. The summed E-state index contributed by atoms with van der Waals surface area (Å²) in [4.78, 5) is 0. The van der Waals surface area contributed by atoms with Gasteiger partial charge in [-0.05, 0) is 19.1 Å². The average molecular weight is 185 g/mol. The fourth-order valence-electron chi connectivity index (χ4n) is 1.30. The maximum absolute atomic E-state index is 13.1. The van der Waals surface area contributed by atoms with Crippen LogP contribution in [0.5, 0.6) is 5.75 Å². The predicted molar refractivity (Wildman–Crippen MR) is 44.9 cm³/mol. The molecule has 4 heteroatoms. The minimum Gasteiger partial charge on any atom is -0.486 e. The van der Waals surface area contributed by atoms with Gasteiger partial charge in [-0.3, -0.25) is 0 Å². The summed E-state index contributed by atoms with van der Waals surface area (Å²) in [6.07, 6.45) is 0. The molecule has 2 nitrogen and oxygen atoms in total. The molecule has 1 aromatic carbocycles. The minimum atomic E-state index is -0.920. The lowest BCUT2D eigenvalue weighted by Gasteiger charge is -2.24. The van der Waals surface area contributed by atoms with E-state index < -0.39 is 11.6 Å². The van der Waals surface area contributed by atoms with Crippen LogP contribution in [0.25, 0.3) is 0 Å². The van der Waals surface area contributed by atoms with E-state index in [1.165, 1.54) is 6.07 Å². The van der Waals surface area contributed by atoms with E-state index in [1.54, 1.807) is 0 Å². The summed E-state index contributed by atoms with van der Waals surface area (Å²) in [6, 6.07) is 2.68. The van der Waals surface area contributed by atoms with Crippen molar-refractivity contribution in [1.82, 2.24) is 0 Å². The molecule has 0 saturated carbocycles. The highest BCUT2D eigenvalue weighted by Crippen LogP contribution is 2.32. The molecular weight excluding hydrogens is 176 g/mol. The Kier molecular flexibility index (Phi) is 1.83. The molecule has 0 spiro atoms. The third kappa shape index (κ3) is 1.32. The number of hydrogen-bond donors (Lipinski definition) is 1. The standard InChI is InChI=1S/C9H9F2NO/c1-5-4-13-9-7(12-5)3-2-6(10)8(9)11/h2-3,5,12H,4H2,1H3/t5-/m0/s1. The van der Waals surface area contributed by atoms with Gasteiger partial charge in [0.25, 0.3) is 0 Å². The van der Waals surface area contributed by atoms with Crippen LogP contribution >= 0.6 is 0 Å². The second kappa shape index (κ2) is 2.87. The number of benzene rings is 1. The quantitative estimate of drug-likeness (QED) is 0.668. The van der Waals surface area contributed by atoms with Gasteiger partial charge in [0.05, 0.1) is 11.7 Å². The van der Waals surface area contributed by atoms with E-state index in [1.807, 2.05) is 6.92 Å². The molecule has 70 valence electrons. The van der Waals surface area contributed by atoms with E-state index in [0.717, 1.165) is 6.07 Å². The Hall–Kier alpha value is -1.32. The number of halogens is 2. The maximum Gasteiger partial charge on any atom is 0.202 e. The monoisotopic (exact) mass is 185 g/mol. The van der Waals surface area contributed by atoms with Crippen LogP contribution in [0.3, 0.4) is 0 Å². The highest BCUT2D eigenvalue weighted by atomic mass is 19.2. The maximum atomic E-state index is 13.1. The SMILES string of the molecule is C[C@H]1COc2c(ccc(F)c2F)N1. The Morgan fingerprint density at radius 2 is 2.23 bits per heavy atom. The first kappa shape index (κ1) is 8.29. The van der Waals surface area contributed by atoms with Crippen LogP contribution in [0.1, 0.15) is 6.92 Å². The van der Waals surface area contributed by atoms with Crippen molar-refractivity contribution in [1.29, 1.82) is 0 Å². The molecule has 1 aromatic rings. The predicted octanol–water partition coefficient (Wildman–Crippen LogP) is 2.16. The van der Waals surface area contributed by atoms with Gasteiger partial charge in [0.15, 0.2) is 11.6 Å². The largest absolute Gasteiger partial charge is 0.486 e. The summed E-state index contributed by atoms with van der Waals surface area (Å²) >= 11 is 0. The van der Waals surface area contributed by atoms with E-state index in [-0.39, 0.29) is 11.8 Å². The molecule has 1 aliphatic rings. The molecule has 0 radical (unpaired) electrons. The fourth-order valence-corrected chi connectivity index (χ4v) is 1.30. The van der Waals surface area contributed by atoms with Crippen molar-refractivity contribution >= 4 is 5.69 Å². The molecule has 1 aliphatic heterocycles. The van der Waals surface area contributed by atoms with Crippen LogP contribution in [-0.4, -0.2) is 12.6 Å². The molecule has 0 saturated heterocycles. The van der Waals surface area contributed by atoms with E-state index in [0.29, 0.717) is 12.3 Å². The van der Waals surface area contributed by atoms with Crippen molar-refractivity contribution in [3.63, 3.8) is 0 Å². The molecule has 0 aromatic heterocycles. The molecule has 1 N–H and O–H groups in total. The third-order valence-corrected chi connectivity index (χ3v) is 1.93. The van der Waals surface area contributed by atoms with Gasteiger partial charge in [-0.15, -0.1) is 0 Å². The van der Waals surface area contributed by atoms with Gasteiger partial charge in [0.1, 0.15) is 6.61 Å². The molecule has 0 bridgehead atoms. The first-order chi connectivity index (χ1) is 6.18. The highest BCUT2D eigenvalue weighted by molar-refractivity contribution is 5.59. The zero-order chi connectivity index (χ0) is 9.42. The van der Waals surface area contributed by atoms with Gasteiger partial charge in [-0.25, -0.2) is 4.39 Å². The van der Waals surface area contributed by atoms with E-state index in [2.05, 4.69) is 5.32 Å². The highest BCUT2D eigenvalue weighted by Gasteiger charge is 2.20. The van der Waals surface area contributed by atoms with Crippen LogP contribution in [0.4, 0.5) is 14.5 Å². The number of nitrogens with one attached hydrogen (secondary N) is 1. The van der Waals surface area contributed by atoms with Gasteiger partial charge in [-0.1, -0.05) is 0 Å². The smallest absolute Gasteiger partial charge is 0.202 e. The normalized spacial score (nSPS) is 20.1. The van der Waals surface area contributed by atoms with Crippen molar-refractivity contribution in [2.24, 2.45) is 0 Å². The molecular formula is C9H9F2NO. The lowest BCUT2D eigenvalue weighted by Crippen LogP contribution is -2.28. The van der Waals surface area contributed by atoms with E-state index in [9.17, 15) is 8.78 Å². The van der Waals surface area contributed by atoms with Crippen LogP contribution in [0, 0.1) is 11.6 Å². The molecule has 1 atom stereocenters. The fraction of sp³-hybridized carbons (Fsp3) is 0.333. The van der Waals surface area contributed by atoms with Crippen molar-refractivity contribution in [2.75, 3.05) is 11.9 Å². The third-order valence-electron chi connectivity index (χ3n) is 1.93. The lowest BCUT2D eigenvalue weighted by atomic mass is 10.2. The first-order valence-corrected chi connectivity index (χ1v) is 4.06. The summed E-state index contributed by atoms with van der Waals surface area (Å²) < 4.78 is 30.9. The molecule has 1 heterocycles. The number of rotatable bonds is 0. The Morgan fingerprint density at radius 1 is 1.46 bits per heavy atom. The van der Waals surface area contributed by atoms with Crippen LogP contribution in [-0.2, 0) is 0 Å². The number of anilines is 1. The Bertz CT molecular complexity index is 341. The average Bonchev–Trinajstić information content (AvgIpc) is 2.12. The lowest BCUT2D eigenvalue weighted by molar-refractivity contribution is 0.272. The van der Waals surface area contributed by atoms with Crippen molar-refractivity contribution in [3.8, 4) is 5.75 Å². The summed E-state index contributed by atoms with van der Waals surface area (Å²) in [5, 5.41) is 3.00. The Labute approximate surface area is 74.5 Å². The summed E-state index contributed by atoms with van der Waals surface area (Å²) in [7, 11) is 0. The molecule has 0 fully saturated rings. The van der Waals surface area contributed by atoms with E-state index >= 15 is 0 Å². The van der Waals surface area contributed by atoms with Crippen LogP contribution < -0.4 is 10.1 Å². The summed E-state index contributed by atoms with van der Waals surface area (Å²) in [5.41, 5.74) is 0.512. The topological polar surface area (TPSA) is 21.3 Å². The van der Waals surface area contributed by atoms with Gasteiger partial charge in [-0.2, -0.15) is 4.39 Å². The second-order valence-electron chi connectivity index (χ2n) is 3.09. The van der Waals surface area contributed by atoms with Gasteiger partial charge >= 0.3 is 0 Å². The zero-order valence-electron chi connectivity index (χ0n) is 7.10. The van der Waals surface area contributed by atoms with Crippen molar-refractivity contribution < 1.29 is 13.5 Å². The molecule has 0 aliphatic carbocycles. The number of hydrogen-bond acceptors (Lipinski definition) is 2. The minimum absolute atomic E-state index is 0.0156. The Balaban J connectivity index is 2.47. The molecule has 13 heavy (non-hydrogen) atoms. The molecule has 2 rings (SSSR count). The van der Waals surface area contributed by atoms with Gasteiger partial charge in [0, 0.05) is 0 Å². The van der Waals surface area contributed by atoms with E-state index in [4.69, 9.17) is 4.74 Å².